The van der Waals surface area contributed by atoms with E-state index in [1.54, 1.807) is 31.2 Å². The second-order valence-corrected chi connectivity index (χ2v) is 5.93. The van der Waals surface area contributed by atoms with E-state index in [2.05, 4.69) is 5.32 Å². The number of carbonyl (C=O) groups excluding carboxylic acids is 2. The zero-order valence-electron chi connectivity index (χ0n) is 12.2. The van der Waals surface area contributed by atoms with Crippen molar-refractivity contribution >= 4 is 29.2 Å². The minimum atomic E-state index is -0.890. The van der Waals surface area contributed by atoms with Gasteiger partial charge in [0.2, 0.25) is 5.91 Å². The predicted octanol–water partition coefficient (Wildman–Crippen LogP) is 3.50. The van der Waals surface area contributed by atoms with E-state index in [1.807, 2.05) is 20.8 Å². The summed E-state index contributed by atoms with van der Waals surface area (Å²) in [5, 5.41) is 3.11. The van der Waals surface area contributed by atoms with Gasteiger partial charge in [-0.05, 0) is 24.5 Å². The van der Waals surface area contributed by atoms with E-state index in [1.165, 1.54) is 0 Å². The third kappa shape index (κ3) is 4.23. The molecule has 0 saturated carbocycles. The summed E-state index contributed by atoms with van der Waals surface area (Å²) in [4.78, 5) is 24.3. The Bertz CT molecular complexity index is 494. The van der Waals surface area contributed by atoms with Gasteiger partial charge in [0, 0.05) is 0 Å². The largest absolute Gasteiger partial charge is 0.465 e. The van der Waals surface area contributed by atoms with E-state index in [0.717, 1.165) is 0 Å². The van der Waals surface area contributed by atoms with Gasteiger partial charge in [-0.1, -0.05) is 44.5 Å². The van der Waals surface area contributed by atoms with Crippen LogP contribution in [-0.4, -0.2) is 18.5 Å². The van der Waals surface area contributed by atoms with Crippen LogP contribution in [0.15, 0.2) is 24.3 Å². The van der Waals surface area contributed by atoms with Crippen molar-refractivity contribution in [1.82, 2.24) is 0 Å². The van der Waals surface area contributed by atoms with Crippen LogP contribution in [0.2, 0.25) is 5.02 Å². The van der Waals surface area contributed by atoms with Crippen LogP contribution in [0.3, 0.4) is 0 Å². The Labute approximate surface area is 124 Å². The van der Waals surface area contributed by atoms with Gasteiger partial charge in [-0.3, -0.25) is 9.59 Å². The maximum absolute atomic E-state index is 12.4. The molecule has 0 bridgehead atoms. The lowest BCUT2D eigenvalue weighted by atomic mass is 9.80. The quantitative estimate of drug-likeness (QED) is 0.683. The lowest BCUT2D eigenvalue weighted by molar-refractivity contribution is -0.155. The van der Waals surface area contributed by atoms with E-state index >= 15 is 0 Å². The smallest absolute Gasteiger partial charge is 0.319 e. The van der Waals surface area contributed by atoms with Crippen LogP contribution in [0.4, 0.5) is 5.69 Å². The lowest BCUT2D eigenvalue weighted by Crippen LogP contribution is -2.40. The Hall–Kier alpha value is -1.55. The summed E-state index contributed by atoms with van der Waals surface area (Å²) in [6, 6.07) is 6.89. The molecule has 1 unspecified atom stereocenters. The normalized spacial score (nSPS) is 12.7. The van der Waals surface area contributed by atoms with E-state index in [4.69, 9.17) is 16.3 Å². The molecule has 1 atom stereocenters. The maximum atomic E-state index is 12.4. The highest BCUT2D eigenvalue weighted by Gasteiger charge is 2.39. The zero-order valence-corrected chi connectivity index (χ0v) is 13.0. The molecule has 1 rings (SSSR count). The molecule has 0 heterocycles. The van der Waals surface area contributed by atoms with Crippen LogP contribution < -0.4 is 5.32 Å². The molecule has 1 aromatic rings. The van der Waals surface area contributed by atoms with Crippen LogP contribution in [-0.2, 0) is 14.3 Å². The third-order valence-corrected chi connectivity index (χ3v) is 3.11. The monoisotopic (exact) mass is 297 g/mol. The van der Waals surface area contributed by atoms with E-state index in [0.29, 0.717) is 10.7 Å². The first-order valence-corrected chi connectivity index (χ1v) is 6.87. The van der Waals surface area contributed by atoms with Crippen LogP contribution in [0.5, 0.6) is 0 Å². The van der Waals surface area contributed by atoms with Gasteiger partial charge in [0.25, 0.3) is 0 Å². The summed E-state index contributed by atoms with van der Waals surface area (Å²) in [5.74, 6) is -1.83. The summed E-state index contributed by atoms with van der Waals surface area (Å²) >= 11 is 6.00. The zero-order chi connectivity index (χ0) is 15.3. The number of hydrogen-bond donors (Lipinski definition) is 1. The minimum Gasteiger partial charge on any atom is -0.465 e. The van der Waals surface area contributed by atoms with Crippen molar-refractivity contribution in [3.8, 4) is 0 Å². The molecule has 0 radical (unpaired) electrons. The molecule has 1 aromatic carbocycles. The van der Waals surface area contributed by atoms with Crippen molar-refractivity contribution in [3.05, 3.63) is 29.3 Å². The van der Waals surface area contributed by atoms with Gasteiger partial charge in [0.15, 0.2) is 0 Å². The van der Waals surface area contributed by atoms with Crippen molar-refractivity contribution in [2.45, 2.75) is 27.7 Å². The van der Waals surface area contributed by atoms with Gasteiger partial charge < -0.3 is 10.1 Å². The van der Waals surface area contributed by atoms with Crippen molar-refractivity contribution in [2.24, 2.45) is 11.3 Å². The molecule has 1 amide bonds. The van der Waals surface area contributed by atoms with Crippen molar-refractivity contribution < 1.29 is 14.3 Å². The maximum Gasteiger partial charge on any atom is 0.319 e. The van der Waals surface area contributed by atoms with Gasteiger partial charge in [-0.25, -0.2) is 0 Å². The summed E-state index contributed by atoms with van der Waals surface area (Å²) in [5.41, 5.74) is -0.0601. The lowest BCUT2D eigenvalue weighted by Gasteiger charge is -2.27. The van der Waals surface area contributed by atoms with E-state index in [9.17, 15) is 9.59 Å². The van der Waals surface area contributed by atoms with Crippen LogP contribution in [0.25, 0.3) is 0 Å². The van der Waals surface area contributed by atoms with Crippen molar-refractivity contribution in [3.63, 3.8) is 0 Å². The van der Waals surface area contributed by atoms with E-state index < -0.39 is 23.2 Å². The number of esters is 1. The number of nitrogens with one attached hydrogen (secondary N) is 1. The highest BCUT2D eigenvalue weighted by atomic mass is 35.5. The van der Waals surface area contributed by atoms with Crippen molar-refractivity contribution in [1.29, 1.82) is 0 Å². The highest BCUT2D eigenvalue weighted by Crippen LogP contribution is 2.29. The Morgan fingerprint density at radius 2 is 1.90 bits per heavy atom. The Morgan fingerprint density at radius 1 is 1.30 bits per heavy atom. The number of ether oxygens (including phenoxy) is 1. The fraction of sp³-hybridized carbons (Fsp3) is 0.467. The van der Waals surface area contributed by atoms with Crippen LogP contribution in [0.1, 0.15) is 27.7 Å². The number of para-hydroxylation sites is 1. The number of carbonyl (C=O) groups is 2. The molecular weight excluding hydrogens is 278 g/mol. The second kappa shape index (κ2) is 6.75. The topological polar surface area (TPSA) is 55.4 Å². The molecular formula is C15H20ClNO3. The molecule has 20 heavy (non-hydrogen) atoms. The first kappa shape index (κ1) is 16.5. The predicted molar refractivity (Wildman–Crippen MR) is 79.7 cm³/mol. The molecule has 0 aromatic heterocycles. The summed E-state index contributed by atoms with van der Waals surface area (Å²) < 4.78 is 4.99. The molecule has 0 aliphatic heterocycles. The molecule has 5 heteroatoms. The molecule has 0 spiro atoms. The molecule has 4 nitrogen and oxygen atoms in total. The SMILES string of the molecule is CCOC(=O)C(C(=O)Nc1ccccc1Cl)C(C)(C)C. The first-order chi connectivity index (χ1) is 9.27. The van der Waals surface area contributed by atoms with Crippen LogP contribution in [0, 0.1) is 11.3 Å². The van der Waals surface area contributed by atoms with Gasteiger partial charge in [0.1, 0.15) is 5.92 Å². The Kier molecular flexibility index (Phi) is 5.57. The van der Waals surface area contributed by atoms with Gasteiger partial charge in [0.05, 0.1) is 17.3 Å². The number of benzene rings is 1. The van der Waals surface area contributed by atoms with Gasteiger partial charge >= 0.3 is 5.97 Å². The number of anilines is 1. The molecule has 110 valence electrons. The summed E-state index contributed by atoms with van der Waals surface area (Å²) in [6.45, 7) is 7.41. The Morgan fingerprint density at radius 3 is 2.40 bits per heavy atom. The number of hydrogen-bond acceptors (Lipinski definition) is 3. The van der Waals surface area contributed by atoms with Crippen LogP contribution >= 0.6 is 11.6 Å². The number of rotatable bonds is 4. The highest BCUT2D eigenvalue weighted by molar-refractivity contribution is 6.33. The molecule has 0 saturated heterocycles. The van der Waals surface area contributed by atoms with E-state index in [-0.39, 0.29) is 6.61 Å². The molecule has 0 aliphatic carbocycles. The minimum absolute atomic E-state index is 0.241. The molecule has 0 fully saturated rings. The number of halogens is 1. The third-order valence-electron chi connectivity index (χ3n) is 2.78. The van der Waals surface area contributed by atoms with Crippen molar-refractivity contribution in [2.75, 3.05) is 11.9 Å². The molecule has 0 aliphatic rings. The fourth-order valence-electron chi connectivity index (χ4n) is 1.85. The molecule has 1 N–H and O–H groups in total. The summed E-state index contributed by atoms with van der Waals surface area (Å²) in [6.07, 6.45) is 0. The number of amides is 1. The fourth-order valence-corrected chi connectivity index (χ4v) is 2.03. The standard InChI is InChI=1S/C15H20ClNO3/c1-5-20-14(19)12(15(2,3)4)13(18)17-11-9-7-6-8-10(11)16/h6-9,12H,5H2,1-4H3,(H,17,18). The van der Waals surface area contributed by atoms with Gasteiger partial charge in [-0.15, -0.1) is 0 Å². The second-order valence-electron chi connectivity index (χ2n) is 5.52. The average molecular weight is 298 g/mol. The Balaban J connectivity index is 2.95. The first-order valence-electron chi connectivity index (χ1n) is 6.49. The van der Waals surface area contributed by atoms with Gasteiger partial charge in [-0.2, -0.15) is 0 Å². The average Bonchev–Trinajstić information content (AvgIpc) is 2.30. The summed E-state index contributed by atoms with van der Waals surface area (Å²) in [7, 11) is 0.